The topological polar surface area (TPSA) is 64.1 Å². The minimum Gasteiger partial charge on any atom is -0.394 e. The molecule has 0 aliphatic carbocycles. The predicted octanol–water partition coefficient (Wildman–Crippen LogP) is 1.43. The van der Waals surface area contributed by atoms with Crippen LogP contribution in [0.5, 0.6) is 0 Å². The van der Waals surface area contributed by atoms with Crippen molar-refractivity contribution in [3.8, 4) is 0 Å². The Kier molecular flexibility index (Phi) is 4.12. The minimum atomic E-state index is -0.356. The lowest BCUT2D eigenvalue weighted by molar-refractivity contribution is 0.263. The summed E-state index contributed by atoms with van der Waals surface area (Å²) in [6.45, 7) is 2.86. The standard InChI is InChI=1S/C14H19N3O/c1-11-3-2-4-12(7-11)5-6-17-10-16-8-14(17)13(15)9-18/h2-4,7-8,10,13,18H,5-6,9,15H2,1H3. The van der Waals surface area contributed by atoms with E-state index in [0.29, 0.717) is 0 Å². The lowest BCUT2D eigenvalue weighted by atomic mass is 10.1. The summed E-state index contributed by atoms with van der Waals surface area (Å²) in [6, 6.07) is 8.11. The van der Waals surface area contributed by atoms with E-state index in [-0.39, 0.29) is 12.6 Å². The number of hydrogen-bond donors (Lipinski definition) is 2. The molecule has 1 heterocycles. The number of rotatable bonds is 5. The van der Waals surface area contributed by atoms with Crippen LogP contribution in [0, 0.1) is 6.92 Å². The molecule has 96 valence electrons. The second-order valence-electron chi connectivity index (χ2n) is 4.54. The van der Waals surface area contributed by atoms with Crippen LogP contribution in [0.3, 0.4) is 0 Å². The molecule has 0 saturated heterocycles. The highest BCUT2D eigenvalue weighted by molar-refractivity contribution is 5.22. The molecule has 2 aromatic rings. The predicted molar refractivity (Wildman–Crippen MR) is 71.1 cm³/mol. The van der Waals surface area contributed by atoms with Crippen LogP contribution in [0.4, 0.5) is 0 Å². The van der Waals surface area contributed by atoms with Gasteiger partial charge in [-0.25, -0.2) is 4.98 Å². The summed E-state index contributed by atoms with van der Waals surface area (Å²) in [6.07, 6.45) is 4.42. The van der Waals surface area contributed by atoms with Gasteiger partial charge in [-0.3, -0.25) is 0 Å². The number of aliphatic hydroxyl groups is 1. The van der Waals surface area contributed by atoms with Gasteiger partial charge in [0.2, 0.25) is 0 Å². The quantitative estimate of drug-likeness (QED) is 0.837. The number of aliphatic hydroxyl groups excluding tert-OH is 1. The van der Waals surface area contributed by atoms with Gasteiger partial charge in [-0.05, 0) is 18.9 Å². The molecule has 1 unspecified atom stereocenters. The second-order valence-corrected chi connectivity index (χ2v) is 4.54. The maximum atomic E-state index is 9.09. The zero-order valence-electron chi connectivity index (χ0n) is 10.6. The summed E-state index contributed by atoms with van der Waals surface area (Å²) in [5, 5.41) is 9.09. The lowest BCUT2D eigenvalue weighted by Gasteiger charge is -2.12. The molecule has 1 atom stereocenters. The van der Waals surface area contributed by atoms with Gasteiger partial charge in [-0.2, -0.15) is 0 Å². The number of hydrogen-bond acceptors (Lipinski definition) is 3. The lowest BCUT2D eigenvalue weighted by Crippen LogP contribution is -2.19. The van der Waals surface area contributed by atoms with Crippen LogP contribution in [0.15, 0.2) is 36.8 Å². The van der Waals surface area contributed by atoms with Gasteiger partial charge in [0, 0.05) is 12.7 Å². The first-order valence-corrected chi connectivity index (χ1v) is 6.12. The highest BCUT2D eigenvalue weighted by Gasteiger charge is 2.10. The van der Waals surface area contributed by atoms with Crippen LogP contribution in [0.25, 0.3) is 0 Å². The fourth-order valence-electron chi connectivity index (χ4n) is 2.04. The zero-order chi connectivity index (χ0) is 13.0. The van der Waals surface area contributed by atoms with Gasteiger partial charge >= 0.3 is 0 Å². The van der Waals surface area contributed by atoms with Gasteiger partial charge in [0.15, 0.2) is 0 Å². The molecule has 18 heavy (non-hydrogen) atoms. The third-order valence-electron chi connectivity index (χ3n) is 3.04. The summed E-state index contributed by atoms with van der Waals surface area (Å²) in [5.74, 6) is 0. The smallest absolute Gasteiger partial charge is 0.0948 e. The van der Waals surface area contributed by atoms with Crippen LogP contribution in [0.2, 0.25) is 0 Å². The van der Waals surface area contributed by atoms with Crippen LogP contribution < -0.4 is 5.73 Å². The Bertz CT molecular complexity index is 507. The first-order chi connectivity index (χ1) is 8.70. The van der Waals surface area contributed by atoms with Crippen molar-refractivity contribution in [1.82, 2.24) is 9.55 Å². The Hall–Kier alpha value is -1.65. The van der Waals surface area contributed by atoms with E-state index in [1.807, 2.05) is 4.57 Å². The van der Waals surface area contributed by atoms with E-state index < -0.39 is 0 Å². The van der Waals surface area contributed by atoms with Crippen LogP contribution in [0.1, 0.15) is 22.9 Å². The molecule has 0 aliphatic rings. The Balaban J connectivity index is 2.04. The van der Waals surface area contributed by atoms with Crippen LogP contribution >= 0.6 is 0 Å². The SMILES string of the molecule is Cc1cccc(CCn2cncc2C(N)CO)c1. The van der Waals surface area contributed by atoms with Crippen LogP contribution in [-0.2, 0) is 13.0 Å². The Morgan fingerprint density at radius 3 is 3.00 bits per heavy atom. The van der Waals surface area contributed by atoms with Gasteiger partial charge in [0.25, 0.3) is 0 Å². The molecule has 0 aliphatic heterocycles. The third-order valence-corrected chi connectivity index (χ3v) is 3.04. The maximum absolute atomic E-state index is 9.09. The fourth-order valence-corrected chi connectivity index (χ4v) is 2.04. The molecule has 2 rings (SSSR count). The molecule has 0 saturated carbocycles. The van der Waals surface area contributed by atoms with E-state index in [2.05, 4.69) is 36.2 Å². The first kappa shape index (κ1) is 12.8. The van der Waals surface area contributed by atoms with Crippen molar-refractivity contribution in [3.63, 3.8) is 0 Å². The molecule has 1 aromatic carbocycles. The third kappa shape index (κ3) is 2.97. The van der Waals surface area contributed by atoms with Crippen molar-refractivity contribution in [2.24, 2.45) is 5.73 Å². The second kappa shape index (κ2) is 5.80. The van der Waals surface area contributed by atoms with Crippen molar-refractivity contribution in [1.29, 1.82) is 0 Å². The molecule has 4 heteroatoms. The highest BCUT2D eigenvalue weighted by atomic mass is 16.3. The van der Waals surface area contributed by atoms with E-state index in [1.165, 1.54) is 11.1 Å². The molecule has 1 aromatic heterocycles. The monoisotopic (exact) mass is 245 g/mol. The molecule has 4 nitrogen and oxygen atoms in total. The molecule has 0 bridgehead atoms. The summed E-state index contributed by atoms with van der Waals surface area (Å²) in [7, 11) is 0. The normalized spacial score (nSPS) is 12.6. The number of benzene rings is 1. The molecular formula is C14H19N3O. The van der Waals surface area contributed by atoms with Crippen molar-refractivity contribution < 1.29 is 5.11 Å². The van der Waals surface area contributed by atoms with Crippen molar-refractivity contribution in [3.05, 3.63) is 53.6 Å². The Morgan fingerprint density at radius 1 is 1.44 bits per heavy atom. The number of imidazole rings is 1. The number of nitrogens with two attached hydrogens (primary N) is 1. The molecular weight excluding hydrogens is 226 g/mol. The van der Waals surface area contributed by atoms with Crippen molar-refractivity contribution in [2.75, 3.05) is 6.61 Å². The van der Waals surface area contributed by atoms with E-state index in [4.69, 9.17) is 10.8 Å². The average Bonchev–Trinajstić information content (AvgIpc) is 2.84. The van der Waals surface area contributed by atoms with Gasteiger partial charge in [-0.1, -0.05) is 29.8 Å². The van der Waals surface area contributed by atoms with Gasteiger partial charge in [0.05, 0.1) is 24.7 Å². The van der Waals surface area contributed by atoms with E-state index in [0.717, 1.165) is 18.7 Å². The van der Waals surface area contributed by atoms with E-state index >= 15 is 0 Å². The highest BCUT2D eigenvalue weighted by Crippen LogP contribution is 2.11. The molecule has 0 fully saturated rings. The maximum Gasteiger partial charge on any atom is 0.0948 e. The van der Waals surface area contributed by atoms with E-state index in [1.54, 1.807) is 12.5 Å². The summed E-state index contributed by atoms with van der Waals surface area (Å²) in [5.41, 5.74) is 9.27. The number of aryl methyl sites for hydroxylation is 3. The zero-order valence-corrected chi connectivity index (χ0v) is 10.6. The Morgan fingerprint density at radius 2 is 2.28 bits per heavy atom. The summed E-state index contributed by atoms with van der Waals surface area (Å²) in [4.78, 5) is 4.09. The van der Waals surface area contributed by atoms with Gasteiger partial charge in [0.1, 0.15) is 0 Å². The summed E-state index contributed by atoms with van der Waals surface area (Å²) >= 11 is 0. The average molecular weight is 245 g/mol. The van der Waals surface area contributed by atoms with Crippen molar-refractivity contribution >= 4 is 0 Å². The summed E-state index contributed by atoms with van der Waals surface area (Å²) < 4.78 is 2.00. The minimum absolute atomic E-state index is 0.0594. The van der Waals surface area contributed by atoms with Crippen LogP contribution in [-0.4, -0.2) is 21.3 Å². The Labute approximate surface area is 107 Å². The van der Waals surface area contributed by atoms with Gasteiger partial charge < -0.3 is 15.4 Å². The molecule has 0 amide bonds. The molecule has 0 radical (unpaired) electrons. The van der Waals surface area contributed by atoms with E-state index in [9.17, 15) is 0 Å². The number of nitrogens with zero attached hydrogens (tertiary/aromatic N) is 2. The first-order valence-electron chi connectivity index (χ1n) is 6.12. The van der Waals surface area contributed by atoms with Crippen molar-refractivity contribution in [2.45, 2.75) is 25.9 Å². The largest absolute Gasteiger partial charge is 0.394 e. The van der Waals surface area contributed by atoms with Gasteiger partial charge in [-0.15, -0.1) is 0 Å². The number of aromatic nitrogens is 2. The molecule has 3 N–H and O–H groups in total. The fraction of sp³-hybridized carbons (Fsp3) is 0.357. The molecule has 0 spiro atoms.